The smallest absolute Gasteiger partial charge is 0.329 e. The van der Waals surface area contributed by atoms with Crippen molar-refractivity contribution in [2.24, 2.45) is 0 Å². The number of anilines is 2. The SMILES string of the molecule is CC(=O)C[C@@H](C)c1ccc(O[C@@H]2CCN(c3nc(N4CC(F)(F)C(F)(F)C4)ncc3F)C2)cc1. The number of halogens is 5. The monoisotopic (exact) mass is 484 g/mol. The van der Waals surface area contributed by atoms with Crippen molar-refractivity contribution in [3.8, 4) is 5.75 Å². The third-order valence-electron chi connectivity index (χ3n) is 6.10. The van der Waals surface area contributed by atoms with E-state index in [0.29, 0.717) is 30.0 Å². The molecule has 184 valence electrons. The Morgan fingerprint density at radius 2 is 1.79 bits per heavy atom. The summed E-state index contributed by atoms with van der Waals surface area (Å²) in [6.07, 6.45) is 1.54. The van der Waals surface area contributed by atoms with Crippen LogP contribution in [0.15, 0.2) is 30.5 Å². The van der Waals surface area contributed by atoms with E-state index in [1.807, 2.05) is 31.2 Å². The lowest BCUT2D eigenvalue weighted by molar-refractivity contribution is -0.172. The maximum atomic E-state index is 14.4. The second-order valence-corrected chi connectivity index (χ2v) is 8.96. The molecule has 3 heterocycles. The standard InChI is InChI=1S/C23H25F5N4O2/c1-14(9-15(2)33)16-3-5-17(6-4-16)34-18-7-8-31(11-18)20-19(24)10-29-21(30-20)32-12-22(25,26)23(27,28)13-32/h3-6,10,14,18H,7-9,11-13H2,1-2H3/t14-,18-/m1/s1. The first-order valence-corrected chi connectivity index (χ1v) is 11.0. The molecular weight excluding hydrogens is 459 g/mol. The Morgan fingerprint density at radius 3 is 2.41 bits per heavy atom. The summed E-state index contributed by atoms with van der Waals surface area (Å²) in [5.41, 5.74) is 1.02. The molecule has 0 bridgehead atoms. The molecule has 0 saturated carbocycles. The van der Waals surface area contributed by atoms with Crippen LogP contribution in [0.2, 0.25) is 0 Å². The Hall–Kier alpha value is -2.98. The maximum absolute atomic E-state index is 14.4. The molecule has 1 aromatic carbocycles. The molecule has 0 spiro atoms. The molecule has 0 radical (unpaired) electrons. The van der Waals surface area contributed by atoms with Gasteiger partial charge in [-0.25, -0.2) is 9.37 Å². The molecule has 6 nitrogen and oxygen atoms in total. The van der Waals surface area contributed by atoms with Crippen LogP contribution in [0.3, 0.4) is 0 Å². The molecule has 0 unspecified atom stereocenters. The number of carbonyl (C=O) groups is 1. The zero-order chi connectivity index (χ0) is 24.7. The van der Waals surface area contributed by atoms with E-state index in [9.17, 15) is 26.7 Å². The molecule has 4 rings (SSSR count). The van der Waals surface area contributed by atoms with E-state index in [-0.39, 0.29) is 36.1 Å². The van der Waals surface area contributed by atoms with Crippen LogP contribution in [0.5, 0.6) is 5.75 Å². The van der Waals surface area contributed by atoms with E-state index in [4.69, 9.17) is 4.74 Å². The topological polar surface area (TPSA) is 58.6 Å². The first-order valence-electron chi connectivity index (χ1n) is 11.0. The zero-order valence-corrected chi connectivity index (χ0v) is 18.8. The zero-order valence-electron chi connectivity index (χ0n) is 18.8. The summed E-state index contributed by atoms with van der Waals surface area (Å²) in [5, 5.41) is 0. The van der Waals surface area contributed by atoms with Crippen LogP contribution < -0.4 is 14.5 Å². The number of nitrogens with zero attached hydrogens (tertiary/aromatic N) is 4. The van der Waals surface area contributed by atoms with Crippen molar-refractivity contribution >= 4 is 17.5 Å². The predicted octanol–water partition coefficient (Wildman–Crippen LogP) is 4.45. The Labute approximate surface area is 193 Å². The normalized spacial score (nSPS) is 22.1. The average Bonchev–Trinajstić information content (AvgIpc) is 3.29. The van der Waals surface area contributed by atoms with E-state index < -0.39 is 30.8 Å². The van der Waals surface area contributed by atoms with E-state index in [2.05, 4.69) is 9.97 Å². The van der Waals surface area contributed by atoms with Gasteiger partial charge in [-0.05, 0) is 30.5 Å². The molecule has 0 aliphatic carbocycles. The van der Waals surface area contributed by atoms with E-state index in [0.717, 1.165) is 11.8 Å². The lowest BCUT2D eigenvalue weighted by Gasteiger charge is -2.21. The van der Waals surface area contributed by atoms with Crippen LogP contribution in [0, 0.1) is 5.82 Å². The minimum atomic E-state index is -4.21. The first-order chi connectivity index (χ1) is 15.9. The van der Waals surface area contributed by atoms with Gasteiger partial charge >= 0.3 is 11.8 Å². The van der Waals surface area contributed by atoms with E-state index >= 15 is 0 Å². The number of carbonyl (C=O) groups excluding carboxylic acids is 1. The van der Waals surface area contributed by atoms with Crippen LogP contribution in [0.25, 0.3) is 0 Å². The van der Waals surface area contributed by atoms with Gasteiger partial charge in [-0.1, -0.05) is 19.1 Å². The van der Waals surface area contributed by atoms with Crippen molar-refractivity contribution in [2.75, 3.05) is 36.0 Å². The molecule has 1 aromatic heterocycles. The second-order valence-electron chi connectivity index (χ2n) is 8.96. The van der Waals surface area contributed by atoms with Crippen molar-refractivity contribution < 1.29 is 31.5 Å². The lowest BCUT2D eigenvalue weighted by atomic mass is 9.96. The van der Waals surface area contributed by atoms with Crippen molar-refractivity contribution in [3.05, 3.63) is 41.8 Å². The third kappa shape index (κ3) is 4.92. The molecule has 2 aliphatic rings. The van der Waals surface area contributed by atoms with Crippen molar-refractivity contribution in [1.82, 2.24) is 9.97 Å². The highest BCUT2D eigenvalue weighted by Gasteiger charge is 2.63. The van der Waals surface area contributed by atoms with Crippen LogP contribution in [-0.2, 0) is 4.79 Å². The summed E-state index contributed by atoms with van der Waals surface area (Å²) in [7, 11) is 0. The number of hydrogen-bond donors (Lipinski definition) is 0. The largest absolute Gasteiger partial charge is 0.489 e. The average molecular weight is 484 g/mol. The van der Waals surface area contributed by atoms with Gasteiger partial charge < -0.3 is 19.3 Å². The fourth-order valence-corrected chi connectivity index (χ4v) is 4.26. The third-order valence-corrected chi connectivity index (χ3v) is 6.10. The Kier molecular flexibility index (Phi) is 6.39. The number of aromatic nitrogens is 2. The number of hydrogen-bond acceptors (Lipinski definition) is 6. The first kappa shape index (κ1) is 24.2. The summed E-state index contributed by atoms with van der Waals surface area (Å²) in [4.78, 5) is 21.2. The van der Waals surface area contributed by atoms with E-state index in [1.54, 1.807) is 11.8 Å². The quantitative estimate of drug-likeness (QED) is 0.542. The molecular formula is C23H25F5N4O2. The van der Waals surface area contributed by atoms with Gasteiger partial charge in [-0.2, -0.15) is 22.5 Å². The fraction of sp³-hybridized carbons (Fsp3) is 0.522. The number of ketones is 1. The minimum absolute atomic E-state index is 0.0963. The molecule has 2 aliphatic heterocycles. The fourth-order valence-electron chi connectivity index (χ4n) is 4.26. The van der Waals surface area contributed by atoms with Crippen LogP contribution in [0.4, 0.5) is 33.7 Å². The summed E-state index contributed by atoms with van der Waals surface area (Å²) in [5.74, 6) is -8.86. The molecule has 2 saturated heterocycles. The maximum Gasteiger partial charge on any atom is 0.329 e. The van der Waals surface area contributed by atoms with Gasteiger partial charge in [0.2, 0.25) is 5.95 Å². The van der Waals surface area contributed by atoms with Gasteiger partial charge in [0.15, 0.2) is 11.6 Å². The second kappa shape index (κ2) is 8.99. The van der Waals surface area contributed by atoms with Crippen LogP contribution >= 0.6 is 0 Å². The lowest BCUT2D eigenvalue weighted by Crippen LogP contribution is -2.38. The predicted molar refractivity (Wildman–Crippen MR) is 115 cm³/mol. The highest BCUT2D eigenvalue weighted by molar-refractivity contribution is 5.76. The van der Waals surface area contributed by atoms with Gasteiger partial charge in [0.1, 0.15) is 17.6 Å². The molecule has 2 fully saturated rings. The number of alkyl halides is 4. The van der Waals surface area contributed by atoms with E-state index in [1.165, 1.54) is 0 Å². The van der Waals surface area contributed by atoms with Gasteiger partial charge in [0.05, 0.1) is 25.8 Å². The molecule has 2 aromatic rings. The molecule has 2 atom stereocenters. The molecule has 0 N–H and O–H groups in total. The summed E-state index contributed by atoms with van der Waals surface area (Å²) >= 11 is 0. The van der Waals surface area contributed by atoms with Crippen molar-refractivity contribution in [1.29, 1.82) is 0 Å². The molecule has 0 amide bonds. The van der Waals surface area contributed by atoms with Gasteiger partial charge in [0.25, 0.3) is 0 Å². The van der Waals surface area contributed by atoms with Gasteiger partial charge in [0, 0.05) is 19.4 Å². The van der Waals surface area contributed by atoms with Gasteiger partial charge in [-0.15, -0.1) is 0 Å². The van der Waals surface area contributed by atoms with Crippen LogP contribution in [-0.4, -0.2) is 59.9 Å². The highest BCUT2D eigenvalue weighted by Crippen LogP contribution is 2.42. The van der Waals surface area contributed by atoms with Crippen molar-refractivity contribution in [2.45, 2.75) is 50.6 Å². The Balaban J connectivity index is 1.41. The Morgan fingerprint density at radius 1 is 1.15 bits per heavy atom. The Bertz CT molecular complexity index is 1030. The molecule has 11 heteroatoms. The number of ether oxygens (including phenoxy) is 1. The highest BCUT2D eigenvalue weighted by atomic mass is 19.3. The van der Waals surface area contributed by atoms with Gasteiger partial charge in [-0.3, -0.25) is 0 Å². The number of rotatable bonds is 7. The number of Topliss-reactive ketones (excluding diaryl/α,β-unsaturated/α-hetero) is 1. The van der Waals surface area contributed by atoms with Crippen LogP contribution in [0.1, 0.15) is 38.2 Å². The van der Waals surface area contributed by atoms with Crippen molar-refractivity contribution in [3.63, 3.8) is 0 Å². The summed E-state index contributed by atoms with van der Waals surface area (Å²) in [6.45, 7) is 1.72. The summed E-state index contributed by atoms with van der Waals surface area (Å²) in [6, 6.07) is 7.42. The summed E-state index contributed by atoms with van der Waals surface area (Å²) < 4.78 is 74.6. The minimum Gasteiger partial charge on any atom is -0.489 e. The number of benzene rings is 1. The molecule has 34 heavy (non-hydrogen) atoms.